The minimum atomic E-state index is -5.06. The van der Waals surface area contributed by atoms with Gasteiger partial charge >= 0.3 is 6.18 Å². The van der Waals surface area contributed by atoms with E-state index in [2.05, 4.69) is 0 Å². The van der Waals surface area contributed by atoms with Crippen LogP contribution in [-0.2, 0) is 4.79 Å². The number of nitrogens with one attached hydrogen (secondary N) is 1. The van der Waals surface area contributed by atoms with Crippen molar-refractivity contribution in [2.45, 2.75) is 24.6 Å². The highest BCUT2D eigenvalue weighted by Gasteiger charge is 2.55. The van der Waals surface area contributed by atoms with Crippen LogP contribution < -0.4 is 5.32 Å². The Kier molecular flexibility index (Phi) is 5.13. The first-order valence-corrected chi connectivity index (χ1v) is 5.93. The number of hydrogen-bond acceptors (Lipinski definition) is 3. The first-order valence-electron chi connectivity index (χ1n) is 5.93. The van der Waals surface area contributed by atoms with Crippen LogP contribution in [0.25, 0.3) is 0 Å². The van der Waals surface area contributed by atoms with Crippen molar-refractivity contribution in [2.24, 2.45) is 0 Å². The molecule has 0 fully saturated rings. The summed E-state index contributed by atoms with van der Waals surface area (Å²) in [4.78, 5) is 11.4. The molecule has 0 aliphatic carbocycles. The number of carbonyl (C=O) groups is 1. The van der Waals surface area contributed by atoms with Crippen molar-refractivity contribution in [1.29, 1.82) is 0 Å². The molecule has 2 atom stereocenters. The quantitative estimate of drug-likeness (QED) is 0.763. The van der Waals surface area contributed by atoms with Crippen LogP contribution in [0.1, 0.15) is 18.4 Å². The summed E-state index contributed by atoms with van der Waals surface area (Å²) in [6.07, 6.45) is -5.06. The van der Waals surface area contributed by atoms with E-state index in [1.807, 2.05) is 5.32 Å². The van der Waals surface area contributed by atoms with E-state index in [0.29, 0.717) is 12.5 Å². The van der Waals surface area contributed by atoms with E-state index in [-0.39, 0.29) is 13.2 Å². The molecule has 0 saturated carbocycles. The molecule has 0 spiro atoms. The molecule has 112 valence electrons. The van der Waals surface area contributed by atoms with Crippen LogP contribution in [0.15, 0.2) is 30.3 Å². The maximum absolute atomic E-state index is 12.5. The zero-order valence-electron chi connectivity index (χ0n) is 10.8. The van der Waals surface area contributed by atoms with E-state index in [4.69, 9.17) is 0 Å². The molecule has 0 radical (unpaired) electrons. The minimum Gasteiger partial charge on any atom is -0.396 e. The molecule has 0 aliphatic heterocycles. The van der Waals surface area contributed by atoms with Gasteiger partial charge in [0.05, 0.1) is 6.61 Å². The molecule has 0 saturated heterocycles. The number of alkyl halides is 3. The van der Waals surface area contributed by atoms with Gasteiger partial charge in [-0.3, -0.25) is 4.79 Å². The predicted molar refractivity (Wildman–Crippen MR) is 66.0 cm³/mol. The van der Waals surface area contributed by atoms with Gasteiger partial charge in [-0.25, -0.2) is 0 Å². The van der Waals surface area contributed by atoms with E-state index in [1.54, 1.807) is 30.3 Å². The van der Waals surface area contributed by atoms with Gasteiger partial charge in [-0.15, -0.1) is 0 Å². The summed E-state index contributed by atoms with van der Waals surface area (Å²) in [6.45, 7) is -0.150. The van der Waals surface area contributed by atoms with Crippen molar-refractivity contribution in [2.75, 3.05) is 13.2 Å². The summed E-state index contributed by atoms with van der Waals surface area (Å²) in [5, 5.41) is 20.4. The Hall–Kier alpha value is -1.60. The number of benzene rings is 1. The number of hydrogen-bond donors (Lipinski definition) is 3. The van der Waals surface area contributed by atoms with Crippen molar-refractivity contribution < 1.29 is 28.2 Å². The largest absolute Gasteiger partial charge is 0.426 e. The highest BCUT2D eigenvalue weighted by Crippen LogP contribution is 2.30. The van der Waals surface area contributed by atoms with Crippen molar-refractivity contribution in [1.82, 2.24) is 5.32 Å². The van der Waals surface area contributed by atoms with Gasteiger partial charge < -0.3 is 15.5 Å². The summed E-state index contributed by atoms with van der Waals surface area (Å²) in [5.41, 5.74) is -2.77. The second kappa shape index (κ2) is 6.23. The van der Waals surface area contributed by atoms with E-state index in [1.165, 1.54) is 0 Å². The predicted octanol–water partition coefficient (Wildman–Crippen LogP) is 1.19. The van der Waals surface area contributed by atoms with Gasteiger partial charge in [0.15, 0.2) is 0 Å². The Balaban J connectivity index is 2.69. The zero-order chi connectivity index (χ0) is 15.4. The zero-order valence-corrected chi connectivity index (χ0v) is 10.8. The summed E-state index contributed by atoms with van der Waals surface area (Å²) in [6, 6.07) is 8.56. The van der Waals surface area contributed by atoms with Crippen molar-refractivity contribution >= 4 is 5.91 Å². The molecule has 3 N–H and O–H groups in total. The van der Waals surface area contributed by atoms with Gasteiger partial charge in [-0.2, -0.15) is 13.2 Å². The number of rotatable bonds is 5. The molecule has 0 unspecified atom stereocenters. The Morgan fingerprint density at radius 1 is 1.30 bits per heavy atom. The fourth-order valence-electron chi connectivity index (χ4n) is 1.53. The number of amides is 1. The van der Waals surface area contributed by atoms with Gasteiger partial charge in [-0.1, -0.05) is 30.3 Å². The second-order valence-electron chi connectivity index (χ2n) is 4.57. The molecule has 7 heteroatoms. The summed E-state index contributed by atoms with van der Waals surface area (Å²) in [7, 11) is 0. The molecule has 1 aromatic rings. The molecule has 4 nitrogen and oxygen atoms in total. The van der Waals surface area contributed by atoms with Gasteiger partial charge in [-0.05, 0) is 12.5 Å². The van der Waals surface area contributed by atoms with Gasteiger partial charge in [0.25, 0.3) is 5.91 Å². The molecule has 0 aromatic heterocycles. The Morgan fingerprint density at radius 3 is 2.30 bits per heavy atom. The van der Waals surface area contributed by atoms with E-state index < -0.39 is 23.6 Å². The third kappa shape index (κ3) is 3.71. The fourth-order valence-corrected chi connectivity index (χ4v) is 1.53. The number of carbonyl (C=O) groups excluding carboxylic acids is 1. The van der Waals surface area contributed by atoms with Gasteiger partial charge in [0.1, 0.15) is 0 Å². The van der Waals surface area contributed by atoms with Crippen LogP contribution in [0.4, 0.5) is 13.2 Å². The molecular formula is C13H16F3NO3. The Bertz CT molecular complexity index is 446. The molecular weight excluding hydrogens is 275 g/mol. The third-order valence-corrected chi connectivity index (χ3v) is 2.99. The SMILES string of the molecule is C[C@@](O)(C(=O)NC[C@H](CO)c1ccccc1)C(F)(F)F. The second-order valence-corrected chi connectivity index (χ2v) is 4.57. The number of aliphatic hydroxyl groups is 2. The number of halogens is 3. The molecule has 1 rings (SSSR count). The maximum Gasteiger partial charge on any atom is 0.426 e. The van der Waals surface area contributed by atoms with Crippen molar-refractivity contribution in [3.8, 4) is 0 Å². The molecule has 0 heterocycles. The van der Waals surface area contributed by atoms with Crippen LogP contribution >= 0.6 is 0 Å². The van der Waals surface area contributed by atoms with Gasteiger partial charge in [0.2, 0.25) is 5.60 Å². The molecule has 20 heavy (non-hydrogen) atoms. The van der Waals surface area contributed by atoms with E-state index in [9.17, 15) is 28.2 Å². The Morgan fingerprint density at radius 2 is 1.85 bits per heavy atom. The van der Waals surface area contributed by atoms with Crippen LogP contribution in [-0.4, -0.2) is 41.0 Å². The molecule has 0 bridgehead atoms. The maximum atomic E-state index is 12.5. The average molecular weight is 291 g/mol. The summed E-state index contributed by atoms with van der Waals surface area (Å²) in [5.74, 6) is -2.08. The third-order valence-electron chi connectivity index (χ3n) is 2.99. The highest BCUT2D eigenvalue weighted by atomic mass is 19.4. The monoisotopic (exact) mass is 291 g/mol. The lowest BCUT2D eigenvalue weighted by Gasteiger charge is -2.26. The topological polar surface area (TPSA) is 69.6 Å². The normalized spacial score (nSPS) is 16.3. The highest BCUT2D eigenvalue weighted by molar-refractivity contribution is 5.85. The van der Waals surface area contributed by atoms with Gasteiger partial charge in [0, 0.05) is 12.5 Å². The molecule has 1 amide bonds. The van der Waals surface area contributed by atoms with Crippen LogP contribution in [0.5, 0.6) is 0 Å². The standard InChI is InChI=1S/C13H16F3NO3/c1-12(20,13(14,15)16)11(19)17-7-10(8-18)9-5-3-2-4-6-9/h2-6,10,18,20H,7-8H2,1H3,(H,17,19)/t10-,12-/m1/s1. The van der Waals surface area contributed by atoms with Crippen LogP contribution in [0.3, 0.4) is 0 Å². The Labute approximate surface area is 114 Å². The minimum absolute atomic E-state index is 0.203. The van der Waals surface area contributed by atoms with E-state index >= 15 is 0 Å². The fraction of sp³-hybridized carbons (Fsp3) is 0.462. The first-order chi connectivity index (χ1) is 9.20. The average Bonchev–Trinajstić information content (AvgIpc) is 2.39. The molecule has 0 aliphatic rings. The number of aliphatic hydroxyl groups excluding tert-OH is 1. The lowest BCUT2D eigenvalue weighted by atomic mass is 9.99. The van der Waals surface area contributed by atoms with Crippen molar-refractivity contribution in [3.05, 3.63) is 35.9 Å². The summed E-state index contributed by atoms with van der Waals surface area (Å²) < 4.78 is 37.4. The first kappa shape index (κ1) is 16.5. The lowest BCUT2D eigenvalue weighted by Crippen LogP contribution is -2.55. The summed E-state index contributed by atoms with van der Waals surface area (Å²) >= 11 is 0. The smallest absolute Gasteiger partial charge is 0.396 e. The lowest BCUT2D eigenvalue weighted by molar-refractivity contribution is -0.245. The van der Waals surface area contributed by atoms with Crippen LogP contribution in [0, 0.1) is 0 Å². The van der Waals surface area contributed by atoms with E-state index in [0.717, 1.165) is 0 Å². The molecule has 1 aromatic carbocycles. The van der Waals surface area contributed by atoms with Crippen molar-refractivity contribution in [3.63, 3.8) is 0 Å². The van der Waals surface area contributed by atoms with Crippen LogP contribution in [0.2, 0.25) is 0 Å².